The van der Waals surface area contributed by atoms with E-state index in [1.165, 1.54) is 12.1 Å². The molecule has 13 atom stereocenters. The topological polar surface area (TPSA) is 155 Å². The molecule has 3 aliphatic carbocycles. The van der Waals surface area contributed by atoms with Gasteiger partial charge in [-0.3, -0.25) is 0 Å². The van der Waals surface area contributed by atoms with E-state index in [-0.39, 0.29) is 12.0 Å². The Morgan fingerprint density at radius 2 is 1.61 bits per heavy atom. The summed E-state index contributed by atoms with van der Waals surface area (Å²) in [5.41, 5.74) is -6.27. The molecule has 44 heavy (non-hydrogen) atoms. The molecule has 3 unspecified atom stereocenters. The van der Waals surface area contributed by atoms with Gasteiger partial charge >= 0.3 is 11.9 Å². The number of aliphatic hydroxyl groups excluding tert-OH is 3. The van der Waals surface area contributed by atoms with Gasteiger partial charge in [0, 0.05) is 17.4 Å². The van der Waals surface area contributed by atoms with Crippen LogP contribution in [0, 0.1) is 23.7 Å². The number of carbonyl (C=O) groups is 1. The van der Waals surface area contributed by atoms with Gasteiger partial charge in [0.15, 0.2) is 5.60 Å². The fourth-order valence-corrected chi connectivity index (χ4v) is 9.25. The summed E-state index contributed by atoms with van der Waals surface area (Å²) in [6.07, 6.45) is -5.89. The lowest BCUT2D eigenvalue weighted by Crippen LogP contribution is -2.73. The number of fused-ring (bicyclic) bond motifs is 2. The molecule has 0 aromatic heterocycles. The minimum atomic E-state index is -2.64. The Morgan fingerprint density at radius 1 is 0.977 bits per heavy atom. The summed E-state index contributed by atoms with van der Waals surface area (Å²) in [6, 6.07) is 17.2. The third kappa shape index (κ3) is 3.56. The first kappa shape index (κ1) is 30.0. The number of esters is 1. The van der Waals surface area contributed by atoms with Crippen molar-refractivity contribution in [2.24, 2.45) is 23.7 Å². The summed E-state index contributed by atoms with van der Waals surface area (Å²) < 4.78 is 26.0. The molecule has 5 N–H and O–H groups in total. The summed E-state index contributed by atoms with van der Waals surface area (Å²) in [5, 5.41) is 60.8. The lowest BCUT2D eigenvalue weighted by atomic mass is 9.53. The van der Waals surface area contributed by atoms with E-state index in [1.54, 1.807) is 37.3 Å². The van der Waals surface area contributed by atoms with Crippen LogP contribution < -0.4 is 0 Å². The van der Waals surface area contributed by atoms with E-state index in [0.717, 1.165) is 0 Å². The number of aliphatic hydroxyl groups is 5. The second kappa shape index (κ2) is 9.67. The van der Waals surface area contributed by atoms with E-state index in [1.807, 2.05) is 32.0 Å². The van der Waals surface area contributed by atoms with E-state index < -0.39 is 89.0 Å². The molecule has 3 bridgehead atoms. The molecule has 2 aliphatic heterocycles. The van der Waals surface area contributed by atoms with Gasteiger partial charge in [-0.15, -0.1) is 0 Å². The van der Waals surface area contributed by atoms with Gasteiger partial charge in [-0.05, 0) is 49.3 Å². The van der Waals surface area contributed by atoms with Gasteiger partial charge in [0.25, 0.3) is 0 Å². The minimum Gasteiger partial charge on any atom is -0.459 e. The Kier molecular flexibility index (Phi) is 6.59. The van der Waals surface area contributed by atoms with Crippen molar-refractivity contribution in [2.45, 2.75) is 86.4 Å². The lowest BCUT2D eigenvalue weighted by molar-refractivity contribution is -0.446. The van der Waals surface area contributed by atoms with E-state index in [2.05, 4.69) is 6.58 Å². The smallest absolute Gasteiger partial charge is 0.338 e. The molecule has 2 heterocycles. The van der Waals surface area contributed by atoms with E-state index >= 15 is 0 Å². The third-order valence-corrected chi connectivity index (χ3v) is 11.4. The van der Waals surface area contributed by atoms with Crippen LogP contribution in [0.1, 0.15) is 49.5 Å². The summed E-state index contributed by atoms with van der Waals surface area (Å²) in [5.74, 6) is -5.59. The van der Waals surface area contributed by atoms with Crippen molar-refractivity contribution in [3.05, 3.63) is 83.9 Å². The molecule has 7 rings (SSSR count). The van der Waals surface area contributed by atoms with Crippen LogP contribution in [0.15, 0.2) is 72.8 Å². The summed E-state index contributed by atoms with van der Waals surface area (Å²) in [4.78, 5) is 13.0. The van der Waals surface area contributed by atoms with Crippen molar-refractivity contribution < 1.29 is 49.3 Å². The predicted octanol–water partition coefficient (Wildman–Crippen LogP) is 2.02. The van der Waals surface area contributed by atoms with Crippen LogP contribution in [-0.2, 0) is 24.9 Å². The average molecular weight is 609 g/mol. The number of benzene rings is 2. The molecule has 5 aliphatic rings. The normalized spacial score (nSPS) is 48.7. The summed E-state index contributed by atoms with van der Waals surface area (Å²) >= 11 is 0. The van der Waals surface area contributed by atoms with Crippen LogP contribution in [0.25, 0.3) is 0 Å². The van der Waals surface area contributed by atoms with Crippen molar-refractivity contribution in [1.82, 2.24) is 0 Å². The maximum absolute atomic E-state index is 13.0. The minimum absolute atomic E-state index is 0.200. The molecular weight excluding hydrogens is 568 g/mol. The maximum atomic E-state index is 13.0. The Labute approximate surface area is 255 Å². The second-order valence-electron chi connectivity index (χ2n) is 13.7. The zero-order valence-electron chi connectivity index (χ0n) is 25.0. The Balaban J connectivity index is 1.42. The molecule has 3 saturated carbocycles. The number of hydrogen-bond donors (Lipinski definition) is 5. The fraction of sp³-hybridized carbons (Fsp3) is 0.559. The van der Waals surface area contributed by atoms with Gasteiger partial charge in [0.2, 0.25) is 0 Å². The van der Waals surface area contributed by atoms with Gasteiger partial charge in [0.1, 0.15) is 30.0 Å². The lowest BCUT2D eigenvalue weighted by Gasteiger charge is -2.61. The maximum Gasteiger partial charge on any atom is 0.338 e. The van der Waals surface area contributed by atoms with E-state index in [9.17, 15) is 30.3 Å². The molecular formula is C34H40O10. The third-order valence-electron chi connectivity index (χ3n) is 11.4. The predicted molar refractivity (Wildman–Crippen MR) is 155 cm³/mol. The van der Waals surface area contributed by atoms with Crippen LogP contribution in [0.2, 0.25) is 0 Å². The van der Waals surface area contributed by atoms with Crippen LogP contribution in [-0.4, -0.2) is 84.9 Å². The van der Waals surface area contributed by atoms with Crippen LogP contribution in [0.5, 0.6) is 0 Å². The van der Waals surface area contributed by atoms with Crippen LogP contribution >= 0.6 is 0 Å². The molecule has 2 aromatic rings. The highest BCUT2D eigenvalue weighted by atomic mass is 16.9. The molecule has 2 saturated heterocycles. The fourth-order valence-electron chi connectivity index (χ4n) is 9.25. The second-order valence-corrected chi connectivity index (χ2v) is 13.7. The molecule has 5 fully saturated rings. The van der Waals surface area contributed by atoms with Crippen molar-refractivity contribution >= 4 is 5.97 Å². The van der Waals surface area contributed by atoms with Crippen molar-refractivity contribution in [1.29, 1.82) is 0 Å². The average Bonchev–Trinajstić information content (AvgIpc) is 3.38. The Bertz CT molecular complexity index is 1470. The highest BCUT2D eigenvalue weighted by Gasteiger charge is 2.85. The van der Waals surface area contributed by atoms with Crippen LogP contribution in [0.3, 0.4) is 0 Å². The van der Waals surface area contributed by atoms with Gasteiger partial charge < -0.3 is 44.5 Å². The van der Waals surface area contributed by atoms with Crippen molar-refractivity contribution in [3.8, 4) is 0 Å². The quantitative estimate of drug-likeness (QED) is 0.252. The molecule has 0 amide bonds. The molecule has 10 nitrogen and oxygen atoms in total. The highest BCUT2D eigenvalue weighted by molar-refractivity contribution is 5.89. The summed E-state index contributed by atoms with van der Waals surface area (Å²) in [7, 11) is 0. The molecule has 10 heteroatoms. The molecule has 236 valence electrons. The van der Waals surface area contributed by atoms with Gasteiger partial charge in [-0.1, -0.05) is 69.0 Å². The van der Waals surface area contributed by atoms with Gasteiger partial charge in [-0.25, -0.2) is 4.79 Å². The SMILES string of the molecule is C=C(C)[C@]12C[C@@H](C)[C@@]34OC(c5ccccc5)(O[C@@H]1C3[C@H](O)[C@@](O)(COC(=O)c1ccccc1)[C@@H](O)[C@@]1(O)C4C[C@H](C)[C@@H]1O)O2. The van der Waals surface area contributed by atoms with E-state index in [4.69, 9.17) is 18.9 Å². The standard InChI is InChI=1S/C34H40O10/c1-18(2)31-16-20(4)33-23-15-19(3)25(35)32(23,40)29(38)30(39,17-41-28(37)21-11-7-5-8-12-21)26(36)24(33)27(31)42-34(43-31,44-33)22-13-9-6-10-14-22/h5-14,19-20,23-27,29,35-36,38-40H,1,15-17H2,2-4H3/t19-,20+,23?,24?,25-,26-,27+,29+,30-,31+,32+,33-,34?/m0/s1. The van der Waals surface area contributed by atoms with Crippen LogP contribution in [0.4, 0.5) is 0 Å². The zero-order valence-corrected chi connectivity index (χ0v) is 25.0. The number of ether oxygens (including phenoxy) is 4. The molecule has 0 spiro atoms. The number of rotatable bonds is 5. The molecule has 0 radical (unpaired) electrons. The monoisotopic (exact) mass is 608 g/mol. The first-order valence-electron chi connectivity index (χ1n) is 15.3. The van der Waals surface area contributed by atoms with Crippen molar-refractivity contribution in [3.63, 3.8) is 0 Å². The van der Waals surface area contributed by atoms with E-state index in [0.29, 0.717) is 17.6 Å². The van der Waals surface area contributed by atoms with Gasteiger partial charge in [-0.2, -0.15) is 0 Å². The Morgan fingerprint density at radius 3 is 2.25 bits per heavy atom. The number of carbonyl (C=O) groups excluding carboxylic acids is 1. The molecule has 2 aromatic carbocycles. The largest absolute Gasteiger partial charge is 0.459 e. The van der Waals surface area contributed by atoms with Crippen molar-refractivity contribution in [2.75, 3.05) is 6.61 Å². The zero-order chi connectivity index (χ0) is 31.4. The first-order valence-corrected chi connectivity index (χ1v) is 15.3. The Hall–Kier alpha value is -2.67. The van der Waals surface area contributed by atoms with Gasteiger partial charge in [0.05, 0.1) is 23.4 Å². The highest BCUT2D eigenvalue weighted by Crippen LogP contribution is 2.72. The first-order chi connectivity index (χ1) is 20.8. The number of hydrogen-bond acceptors (Lipinski definition) is 10. The summed E-state index contributed by atoms with van der Waals surface area (Å²) in [6.45, 7) is 8.85.